The van der Waals surface area contributed by atoms with Crippen LogP contribution in [0.2, 0.25) is 0 Å². The molecule has 0 aliphatic heterocycles. The molecule has 0 aliphatic rings. The number of ether oxygens (including phenoxy) is 1. The minimum atomic E-state index is -4.96. The molecule has 0 bridgehead atoms. The Morgan fingerprint density at radius 2 is 1.74 bits per heavy atom. The van der Waals surface area contributed by atoms with Crippen molar-refractivity contribution in [2.75, 3.05) is 7.11 Å². The van der Waals surface area contributed by atoms with E-state index in [9.17, 15) is 22.7 Å². The van der Waals surface area contributed by atoms with E-state index in [0.717, 1.165) is 6.07 Å². The maximum absolute atomic E-state index is 14.2. The largest absolute Gasteiger partial charge is 0.496 e. The van der Waals surface area contributed by atoms with Gasteiger partial charge in [0.2, 0.25) is 0 Å². The van der Waals surface area contributed by atoms with E-state index < -0.39 is 36.0 Å². The van der Waals surface area contributed by atoms with E-state index in [1.807, 2.05) is 0 Å². The molecule has 2 aromatic carbocycles. The number of alkyl halides is 3. The molecule has 0 saturated carbocycles. The number of benzene rings is 2. The number of aliphatic hydroxyl groups is 1. The Kier molecular flexibility index (Phi) is 5.88. The first-order valence-corrected chi connectivity index (χ1v) is 9.64. The highest BCUT2D eigenvalue weighted by atomic mass is 19.4. The first-order valence-electron chi connectivity index (χ1n) is 9.64. The number of pyridine rings is 1. The van der Waals surface area contributed by atoms with Crippen LogP contribution in [0.5, 0.6) is 5.75 Å². The second-order valence-electron chi connectivity index (χ2n) is 8.31. The molecule has 1 heterocycles. The van der Waals surface area contributed by atoms with Crippen LogP contribution < -0.4 is 10.1 Å². The molecule has 4 nitrogen and oxygen atoms in total. The molecular weight excluding hydrogens is 412 g/mol. The number of para-hydroxylation sites is 1. The summed E-state index contributed by atoms with van der Waals surface area (Å²) in [4.78, 5) is 0. The number of hydrogen-bond donors (Lipinski definition) is 2. The lowest BCUT2D eigenvalue weighted by atomic mass is 9.74. The zero-order chi connectivity index (χ0) is 23.0. The average Bonchev–Trinajstić information content (AvgIpc) is 2.69. The minimum absolute atomic E-state index is 0.173. The van der Waals surface area contributed by atoms with Crippen LogP contribution >= 0.6 is 0 Å². The Hall–Kier alpha value is -2.87. The Bertz CT molecular complexity index is 1150. The van der Waals surface area contributed by atoms with Crippen LogP contribution in [0.1, 0.15) is 25.8 Å². The lowest BCUT2D eigenvalue weighted by Crippen LogP contribution is -2.52. The standard InChI is InChI=1S/C23H24F4N2O2/c1-21(2,17-12-15(24)8-9-20(17)31-3)13-22(30,23(25,26)27)14-29-11-10-18(28)16-6-4-5-7-19(16)29/h4-12,28,30H,13-14H2,1-3H3. The molecule has 0 spiro atoms. The number of nitrogens with one attached hydrogen (secondary N) is 1. The number of hydrogen-bond acceptors (Lipinski definition) is 3. The van der Waals surface area contributed by atoms with Gasteiger partial charge in [-0.05, 0) is 42.2 Å². The average molecular weight is 436 g/mol. The highest BCUT2D eigenvalue weighted by Gasteiger charge is 2.56. The van der Waals surface area contributed by atoms with E-state index in [0.29, 0.717) is 10.9 Å². The molecule has 0 fully saturated rings. The van der Waals surface area contributed by atoms with E-state index in [1.165, 1.54) is 49.9 Å². The van der Waals surface area contributed by atoms with E-state index in [4.69, 9.17) is 10.1 Å². The molecule has 3 aromatic rings. The summed E-state index contributed by atoms with van der Waals surface area (Å²) in [5.74, 6) is -0.363. The summed E-state index contributed by atoms with van der Waals surface area (Å²) in [5, 5.41) is 19.6. The van der Waals surface area contributed by atoms with Crippen molar-refractivity contribution in [2.45, 2.75) is 44.0 Å². The SMILES string of the molecule is COc1ccc(F)cc1C(C)(C)CC(O)(Cn1ccc(=N)c2ccccc21)C(F)(F)F. The maximum atomic E-state index is 14.2. The Balaban J connectivity index is 2.08. The molecule has 0 saturated heterocycles. The summed E-state index contributed by atoms with van der Waals surface area (Å²) in [5.41, 5.74) is -3.76. The van der Waals surface area contributed by atoms with Gasteiger partial charge >= 0.3 is 6.18 Å². The number of nitrogens with zero attached hydrogens (tertiary/aromatic N) is 1. The van der Waals surface area contributed by atoms with Gasteiger partial charge in [-0.3, -0.25) is 0 Å². The van der Waals surface area contributed by atoms with Gasteiger partial charge in [-0.15, -0.1) is 0 Å². The smallest absolute Gasteiger partial charge is 0.418 e. The van der Waals surface area contributed by atoms with Gasteiger partial charge in [0.15, 0.2) is 5.60 Å². The predicted octanol–water partition coefficient (Wildman–Crippen LogP) is 4.93. The maximum Gasteiger partial charge on any atom is 0.418 e. The molecule has 0 amide bonds. The van der Waals surface area contributed by atoms with Crippen LogP contribution in [0.25, 0.3) is 10.9 Å². The molecular formula is C23H24F4N2O2. The topological polar surface area (TPSA) is 58.2 Å². The Morgan fingerprint density at radius 1 is 1.06 bits per heavy atom. The van der Waals surface area contributed by atoms with E-state index in [-0.39, 0.29) is 16.7 Å². The highest BCUT2D eigenvalue weighted by molar-refractivity contribution is 5.78. The number of methoxy groups -OCH3 is 1. The Morgan fingerprint density at radius 3 is 2.39 bits per heavy atom. The van der Waals surface area contributed by atoms with Gasteiger partial charge in [0, 0.05) is 17.1 Å². The highest BCUT2D eigenvalue weighted by Crippen LogP contribution is 2.44. The van der Waals surface area contributed by atoms with Crippen LogP contribution in [0.3, 0.4) is 0 Å². The van der Waals surface area contributed by atoms with Crippen molar-refractivity contribution in [3.8, 4) is 5.75 Å². The fourth-order valence-corrected chi connectivity index (χ4v) is 3.99. The van der Waals surface area contributed by atoms with Crippen LogP contribution in [0.4, 0.5) is 17.6 Å². The molecule has 2 N–H and O–H groups in total. The molecule has 31 heavy (non-hydrogen) atoms. The third-order valence-corrected chi connectivity index (χ3v) is 5.51. The van der Waals surface area contributed by atoms with Gasteiger partial charge in [0.25, 0.3) is 0 Å². The number of rotatable bonds is 6. The van der Waals surface area contributed by atoms with Gasteiger partial charge in [-0.2, -0.15) is 13.2 Å². The van der Waals surface area contributed by atoms with Crippen molar-refractivity contribution in [2.24, 2.45) is 0 Å². The minimum Gasteiger partial charge on any atom is -0.496 e. The van der Waals surface area contributed by atoms with E-state index in [1.54, 1.807) is 24.3 Å². The molecule has 166 valence electrons. The van der Waals surface area contributed by atoms with Gasteiger partial charge < -0.3 is 19.8 Å². The quantitative estimate of drug-likeness (QED) is 0.539. The van der Waals surface area contributed by atoms with Gasteiger partial charge in [-0.1, -0.05) is 32.0 Å². The number of aromatic nitrogens is 1. The first kappa shape index (κ1) is 22.8. The molecule has 8 heteroatoms. The monoisotopic (exact) mass is 436 g/mol. The molecule has 3 rings (SSSR count). The van der Waals surface area contributed by atoms with Crippen molar-refractivity contribution in [3.63, 3.8) is 0 Å². The molecule has 0 aliphatic carbocycles. The summed E-state index contributed by atoms with van der Waals surface area (Å²) in [6, 6.07) is 11.6. The number of halogens is 4. The molecule has 0 radical (unpaired) electrons. The third kappa shape index (κ3) is 4.44. The zero-order valence-corrected chi connectivity index (χ0v) is 17.4. The van der Waals surface area contributed by atoms with Crippen molar-refractivity contribution in [1.29, 1.82) is 5.41 Å². The van der Waals surface area contributed by atoms with Crippen LogP contribution in [0.15, 0.2) is 54.7 Å². The van der Waals surface area contributed by atoms with Crippen LogP contribution in [0, 0.1) is 11.2 Å². The fraction of sp³-hybridized carbons (Fsp3) is 0.348. The normalized spacial score (nSPS) is 14.5. The lowest BCUT2D eigenvalue weighted by Gasteiger charge is -2.39. The third-order valence-electron chi connectivity index (χ3n) is 5.51. The summed E-state index contributed by atoms with van der Waals surface area (Å²) < 4.78 is 62.9. The summed E-state index contributed by atoms with van der Waals surface area (Å²) in [7, 11) is 1.35. The van der Waals surface area contributed by atoms with Gasteiger partial charge in [-0.25, -0.2) is 4.39 Å². The summed E-state index contributed by atoms with van der Waals surface area (Å²) >= 11 is 0. The van der Waals surface area contributed by atoms with E-state index in [2.05, 4.69) is 0 Å². The fourth-order valence-electron chi connectivity index (χ4n) is 3.99. The predicted molar refractivity (Wildman–Crippen MR) is 109 cm³/mol. The van der Waals surface area contributed by atoms with Gasteiger partial charge in [0.1, 0.15) is 11.6 Å². The van der Waals surface area contributed by atoms with Crippen LogP contribution in [-0.2, 0) is 12.0 Å². The van der Waals surface area contributed by atoms with Crippen LogP contribution in [-0.4, -0.2) is 28.6 Å². The molecule has 1 aromatic heterocycles. The molecule has 1 atom stereocenters. The lowest BCUT2D eigenvalue weighted by molar-refractivity contribution is -0.271. The summed E-state index contributed by atoms with van der Waals surface area (Å²) in [6.07, 6.45) is -4.33. The second-order valence-corrected chi connectivity index (χ2v) is 8.31. The summed E-state index contributed by atoms with van der Waals surface area (Å²) in [6.45, 7) is 2.24. The number of fused-ring (bicyclic) bond motifs is 1. The zero-order valence-electron chi connectivity index (χ0n) is 17.4. The van der Waals surface area contributed by atoms with E-state index >= 15 is 0 Å². The second kappa shape index (κ2) is 8.00. The first-order chi connectivity index (χ1) is 14.4. The van der Waals surface area contributed by atoms with Crippen molar-refractivity contribution in [1.82, 2.24) is 4.57 Å². The Labute approximate surface area is 177 Å². The van der Waals surface area contributed by atoms with Crippen molar-refractivity contribution >= 4 is 10.9 Å². The molecule has 1 unspecified atom stereocenters. The van der Waals surface area contributed by atoms with Gasteiger partial charge in [0.05, 0.1) is 24.5 Å². The van der Waals surface area contributed by atoms with Crippen molar-refractivity contribution < 1.29 is 27.4 Å². The van der Waals surface area contributed by atoms with Crippen molar-refractivity contribution in [3.05, 3.63) is 71.5 Å².